The van der Waals surface area contributed by atoms with Gasteiger partial charge in [0, 0.05) is 25.6 Å². The number of aliphatic hydroxyl groups is 8. The molecular formula is C36H58N4O16. The standard InChI is InChI=1S/C36H58N4O16/c1-17(2)11-9-7-5-4-6-8-10-12-22(44)38-25-29(49)26(46)20(53-35(25)56-34-24(37-18(3)42)28(48)27(47)21(16-41)54-34)15-19(43)32-30(50)31(51)33(55-32)40-14-13-23(45)39-36(40)52/h10,12-14,17,19-21,24-35,41,43,46-51H,4-9,11,15-16H2,1-3H3,(H,37,42)(H,38,44)(H,39,45,52)/b12-10+/t19-,20-,21-,24-,25-,26+,27-,28-,29-,30+,31-,32+,33-,34+,35+/m1/s1. The molecule has 1 aromatic heterocycles. The van der Waals surface area contributed by atoms with Gasteiger partial charge in [0.1, 0.15) is 60.9 Å². The third-order valence-electron chi connectivity index (χ3n) is 10.2. The van der Waals surface area contributed by atoms with Crippen molar-refractivity contribution in [3.05, 3.63) is 45.3 Å². The van der Waals surface area contributed by atoms with Crippen molar-refractivity contribution in [1.29, 1.82) is 0 Å². The summed E-state index contributed by atoms with van der Waals surface area (Å²) in [6.07, 6.45) is -11.5. The van der Waals surface area contributed by atoms with Gasteiger partial charge in [0.2, 0.25) is 11.8 Å². The first-order valence-electron chi connectivity index (χ1n) is 19.1. The molecule has 3 aliphatic heterocycles. The molecule has 56 heavy (non-hydrogen) atoms. The maximum atomic E-state index is 13.1. The van der Waals surface area contributed by atoms with E-state index in [9.17, 15) is 60.0 Å². The molecule has 0 radical (unpaired) electrons. The average molecular weight is 803 g/mol. The van der Waals surface area contributed by atoms with Crippen LogP contribution in [-0.2, 0) is 28.5 Å². The Balaban J connectivity index is 1.50. The number of hydrogen-bond acceptors (Lipinski definition) is 16. The van der Waals surface area contributed by atoms with Crippen molar-refractivity contribution in [1.82, 2.24) is 20.2 Å². The zero-order valence-corrected chi connectivity index (χ0v) is 31.7. The molecule has 11 N–H and O–H groups in total. The van der Waals surface area contributed by atoms with Crippen LogP contribution in [0.4, 0.5) is 0 Å². The highest BCUT2D eigenvalue weighted by atomic mass is 16.8. The van der Waals surface area contributed by atoms with Crippen LogP contribution in [0.5, 0.6) is 0 Å². The molecule has 3 fully saturated rings. The number of carbonyl (C=O) groups is 2. The Morgan fingerprint density at radius 3 is 2.09 bits per heavy atom. The summed E-state index contributed by atoms with van der Waals surface area (Å²) < 4.78 is 24.1. The number of amides is 2. The minimum absolute atomic E-state index is 0.598. The van der Waals surface area contributed by atoms with Crippen molar-refractivity contribution in [2.45, 2.75) is 164 Å². The highest BCUT2D eigenvalue weighted by molar-refractivity contribution is 5.87. The molecule has 0 saturated carbocycles. The quantitative estimate of drug-likeness (QED) is 0.0513. The van der Waals surface area contributed by atoms with Crippen molar-refractivity contribution in [3.8, 4) is 0 Å². The summed E-state index contributed by atoms with van der Waals surface area (Å²) in [6.45, 7) is 4.72. The Morgan fingerprint density at radius 2 is 1.46 bits per heavy atom. The molecule has 0 bridgehead atoms. The number of aromatic nitrogens is 2. The van der Waals surface area contributed by atoms with Crippen molar-refractivity contribution >= 4 is 11.8 Å². The largest absolute Gasteiger partial charge is 0.394 e. The second-order valence-corrected chi connectivity index (χ2v) is 15.1. The van der Waals surface area contributed by atoms with Gasteiger partial charge in [-0.25, -0.2) is 4.79 Å². The van der Waals surface area contributed by atoms with Gasteiger partial charge < -0.3 is 70.4 Å². The number of hydrogen-bond donors (Lipinski definition) is 11. The number of aromatic amines is 1. The predicted octanol–water partition coefficient (Wildman–Crippen LogP) is -3.26. The summed E-state index contributed by atoms with van der Waals surface area (Å²) in [5.74, 6) is -0.694. The first-order chi connectivity index (χ1) is 26.5. The molecule has 3 aliphatic rings. The van der Waals surface area contributed by atoms with Crippen LogP contribution < -0.4 is 21.9 Å². The van der Waals surface area contributed by atoms with Crippen LogP contribution in [-0.4, -0.2) is 155 Å². The molecule has 4 rings (SSSR count). The van der Waals surface area contributed by atoms with Gasteiger partial charge in [0.05, 0.1) is 18.8 Å². The number of unbranched alkanes of at least 4 members (excludes halogenated alkanes) is 5. The lowest BCUT2D eigenvalue weighted by molar-refractivity contribution is -0.346. The summed E-state index contributed by atoms with van der Waals surface area (Å²) in [5, 5.41) is 91.2. The topological polar surface area (TPSA) is 312 Å². The molecular weight excluding hydrogens is 744 g/mol. The van der Waals surface area contributed by atoms with E-state index < -0.39 is 128 Å². The number of nitrogens with one attached hydrogen (secondary N) is 3. The molecule has 3 saturated heterocycles. The first kappa shape index (κ1) is 45.6. The molecule has 0 spiro atoms. The number of aliphatic hydroxyl groups excluding tert-OH is 8. The maximum Gasteiger partial charge on any atom is 0.330 e. The number of allylic oxidation sites excluding steroid dienone is 1. The van der Waals surface area contributed by atoms with E-state index in [1.165, 1.54) is 12.5 Å². The Labute approximate surface area is 323 Å². The number of carbonyl (C=O) groups excluding carboxylic acids is 2. The third-order valence-corrected chi connectivity index (χ3v) is 10.2. The van der Waals surface area contributed by atoms with E-state index in [1.807, 2.05) is 4.98 Å². The normalized spacial score (nSPS) is 35.5. The van der Waals surface area contributed by atoms with Gasteiger partial charge in [0.25, 0.3) is 5.56 Å². The van der Waals surface area contributed by atoms with E-state index in [1.54, 1.807) is 6.08 Å². The van der Waals surface area contributed by atoms with Gasteiger partial charge in [-0.15, -0.1) is 0 Å². The van der Waals surface area contributed by atoms with Crippen molar-refractivity contribution in [3.63, 3.8) is 0 Å². The fraction of sp³-hybridized carbons (Fsp3) is 0.778. The van der Waals surface area contributed by atoms with Gasteiger partial charge in [-0.1, -0.05) is 52.0 Å². The Morgan fingerprint density at radius 1 is 0.857 bits per heavy atom. The van der Waals surface area contributed by atoms with Gasteiger partial charge >= 0.3 is 5.69 Å². The molecule has 20 heteroatoms. The lowest BCUT2D eigenvalue weighted by Crippen LogP contribution is -2.68. The molecule has 2 amide bonds. The fourth-order valence-electron chi connectivity index (χ4n) is 7.10. The van der Waals surface area contributed by atoms with Crippen LogP contribution in [0.3, 0.4) is 0 Å². The van der Waals surface area contributed by atoms with E-state index in [0.717, 1.165) is 55.9 Å². The minimum Gasteiger partial charge on any atom is -0.394 e. The second kappa shape index (κ2) is 21.0. The van der Waals surface area contributed by atoms with Gasteiger partial charge in [0.15, 0.2) is 18.8 Å². The molecule has 20 nitrogen and oxygen atoms in total. The predicted molar refractivity (Wildman–Crippen MR) is 193 cm³/mol. The zero-order chi connectivity index (χ0) is 41.3. The number of rotatable bonds is 18. The lowest BCUT2D eigenvalue weighted by atomic mass is 9.91. The van der Waals surface area contributed by atoms with Gasteiger partial charge in [-0.2, -0.15) is 0 Å². The van der Waals surface area contributed by atoms with Crippen LogP contribution in [0.1, 0.15) is 78.4 Å². The molecule has 318 valence electrons. The summed E-state index contributed by atoms with van der Waals surface area (Å²) in [5.41, 5.74) is -1.69. The van der Waals surface area contributed by atoms with Crippen LogP contribution in [0, 0.1) is 5.92 Å². The summed E-state index contributed by atoms with van der Waals surface area (Å²) in [6, 6.07) is -2.01. The minimum atomic E-state index is -1.85. The third kappa shape index (κ3) is 11.7. The molecule has 0 aliphatic carbocycles. The van der Waals surface area contributed by atoms with E-state index >= 15 is 0 Å². The van der Waals surface area contributed by atoms with E-state index in [-0.39, 0.29) is 0 Å². The van der Waals surface area contributed by atoms with Gasteiger partial charge in [-0.05, 0) is 24.8 Å². The second-order valence-electron chi connectivity index (χ2n) is 15.1. The van der Waals surface area contributed by atoms with Crippen molar-refractivity contribution in [2.24, 2.45) is 5.92 Å². The molecule has 0 unspecified atom stereocenters. The van der Waals surface area contributed by atoms with Crippen LogP contribution >= 0.6 is 0 Å². The number of H-pyrrole nitrogens is 1. The summed E-state index contributed by atoms with van der Waals surface area (Å²) in [7, 11) is 0. The Hall–Kier alpha value is -3.12. The van der Waals surface area contributed by atoms with Gasteiger partial charge in [-0.3, -0.25) is 23.9 Å². The molecule has 4 heterocycles. The monoisotopic (exact) mass is 802 g/mol. The maximum absolute atomic E-state index is 13.1. The van der Waals surface area contributed by atoms with E-state index in [4.69, 9.17) is 18.9 Å². The van der Waals surface area contributed by atoms with E-state index in [0.29, 0.717) is 12.3 Å². The number of ether oxygens (including phenoxy) is 4. The van der Waals surface area contributed by atoms with Crippen LogP contribution in [0.2, 0.25) is 0 Å². The molecule has 0 aromatic carbocycles. The fourth-order valence-corrected chi connectivity index (χ4v) is 7.10. The lowest BCUT2D eigenvalue weighted by Gasteiger charge is -2.47. The molecule has 1 aromatic rings. The van der Waals surface area contributed by atoms with Crippen molar-refractivity contribution < 1.29 is 69.4 Å². The average Bonchev–Trinajstić information content (AvgIpc) is 3.43. The van der Waals surface area contributed by atoms with Crippen LogP contribution in [0.15, 0.2) is 34.0 Å². The van der Waals surface area contributed by atoms with Crippen molar-refractivity contribution in [2.75, 3.05) is 6.61 Å². The highest BCUT2D eigenvalue weighted by Crippen LogP contribution is 2.34. The Bertz CT molecular complexity index is 1560. The first-order valence-corrected chi connectivity index (χ1v) is 19.1. The number of nitrogens with zero attached hydrogens (tertiary/aromatic N) is 1. The van der Waals surface area contributed by atoms with Crippen LogP contribution in [0.25, 0.3) is 0 Å². The Kier molecular flexibility index (Phi) is 17.1. The summed E-state index contributed by atoms with van der Waals surface area (Å²) in [4.78, 5) is 51.0. The molecule has 15 atom stereocenters. The smallest absolute Gasteiger partial charge is 0.330 e. The highest BCUT2D eigenvalue weighted by Gasteiger charge is 2.53. The zero-order valence-electron chi connectivity index (χ0n) is 31.7. The summed E-state index contributed by atoms with van der Waals surface area (Å²) >= 11 is 0. The SMILES string of the molecule is CC(=O)N[C@H]1[C@H](O[C@@H]2O[C@H](C[C@@H](O)[C@@H]3O[C@@H](n4ccc(=O)[nH]c4=O)[C@H](O)[C@@H]3O)[C@H](O)[C@H](O)[C@H]2NC(=O)/C=C/CCCCCCCC(C)C)O[C@H](CO)[C@@H](O)[C@@H]1O. The van der Waals surface area contributed by atoms with E-state index in [2.05, 4.69) is 24.5 Å².